The van der Waals surface area contributed by atoms with E-state index < -0.39 is 5.97 Å². The fraction of sp³-hybridized carbons (Fsp3) is 0.344. The first kappa shape index (κ1) is 30.7. The number of hydrazone groups is 1. The molecule has 0 saturated carbocycles. The molecule has 5 rings (SSSR count). The van der Waals surface area contributed by atoms with Gasteiger partial charge in [-0.3, -0.25) is 20.5 Å². The van der Waals surface area contributed by atoms with Gasteiger partial charge in [-0.05, 0) is 37.6 Å². The smallest absolute Gasteiger partial charge is 0.358 e. The molecule has 0 saturated heterocycles. The topological polar surface area (TPSA) is 143 Å². The van der Waals surface area contributed by atoms with Gasteiger partial charge in [0.1, 0.15) is 5.69 Å². The van der Waals surface area contributed by atoms with Gasteiger partial charge in [-0.1, -0.05) is 80.7 Å². The summed E-state index contributed by atoms with van der Waals surface area (Å²) in [6.07, 6.45) is 8.60. The van der Waals surface area contributed by atoms with Crippen LogP contribution in [0.4, 0.5) is 22.6 Å². The van der Waals surface area contributed by atoms with Gasteiger partial charge in [0, 0.05) is 12.0 Å². The van der Waals surface area contributed by atoms with E-state index in [1.807, 2.05) is 37.3 Å². The molecule has 4 aromatic rings. The minimum absolute atomic E-state index is 0.110. The normalized spacial score (nSPS) is 15.3. The Kier molecular flexibility index (Phi) is 10.6. The Balaban J connectivity index is 1.30. The van der Waals surface area contributed by atoms with Gasteiger partial charge < -0.3 is 10.1 Å². The number of hydrogen-bond donors (Lipinski definition) is 3. The van der Waals surface area contributed by atoms with Crippen LogP contribution in [0.25, 0.3) is 10.2 Å². The van der Waals surface area contributed by atoms with Crippen LogP contribution in [-0.2, 0) is 9.53 Å². The van der Waals surface area contributed by atoms with Gasteiger partial charge in [0.05, 0.1) is 34.8 Å². The largest absolute Gasteiger partial charge is 0.461 e. The van der Waals surface area contributed by atoms with Crippen LogP contribution in [0, 0.1) is 0 Å². The number of esters is 1. The van der Waals surface area contributed by atoms with E-state index in [2.05, 4.69) is 48.0 Å². The molecule has 44 heavy (non-hydrogen) atoms. The summed E-state index contributed by atoms with van der Waals surface area (Å²) in [5, 5.41) is 11.1. The van der Waals surface area contributed by atoms with E-state index in [4.69, 9.17) is 4.74 Å². The van der Waals surface area contributed by atoms with Crippen LogP contribution in [0.5, 0.6) is 0 Å². The van der Waals surface area contributed by atoms with Gasteiger partial charge in [0.25, 0.3) is 5.91 Å². The van der Waals surface area contributed by atoms with Gasteiger partial charge >= 0.3 is 5.97 Å². The first-order valence-electron chi connectivity index (χ1n) is 14.9. The van der Waals surface area contributed by atoms with Gasteiger partial charge in [-0.2, -0.15) is 10.1 Å². The molecule has 0 aliphatic carbocycles. The summed E-state index contributed by atoms with van der Waals surface area (Å²) in [6, 6.07) is 16.5. The van der Waals surface area contributed by atoms with E-state index in [-0.39, 0.29) is 29.4 Å². The van der Waals surface area contributed by atoms with Crippen molar-refractivity contribution in [3.8, 4) is 0 Å². The molecule has 3 N–H and O–H groups in total. The molecule has 1 unspecified atom stereocenters. The molecule has 0 fully saturated rings. The average molecular weight is 613 g/mol. The first-order valence-corrected chi connectivity index (χ1v) is 15.8. The number of unbranched alkanes of at least 4 members (excludes halogenated alkanes) is 5. The molecular weight excluding hydrogens is 576 g/mol. The Bertz CT molecular complexity index is 1620. The number of carbonyl (C=O) groups is 2. The van der Waals surface area contributed by atoms with Crippen molar-refractivity contribution in [1.29, 1.82) is 0 Å². The summed E-state index contributed by atoms with van der Waals surface area (Å²) in [5.74, 6) is -0.369. The van der Waals surface area contributed by atoms with Crippen molar-refractivity contribution in [1.82, 2.24) is 15.0 Å². The number of thiazole rings is 1. The second-order valence-electron chi connectivity index (χ2n) is 10.5. The first-order chi connectivity index (χ1) is 21.5. The Morgan fingerprint density at radius 1 is 1.00 bits per heavy atom. The maximum Gasteiger partial charge on any atom is 0.358 e. The summed E-state index contributed by atoms with van der Waals surface area (Å²) >= 11 is 1.47. The number of nitrogens with one attached hydrogen (secondary N) is 3. The highest BCUT2D eigenvalue weighted by Crippen LogP contribution is 2.28. The van der Waals surface area contributed by atoms with E-state index in [0.717, 1.165) is 29.5 Å². The fourth-order valence-electron chi connectivity index (χ4n) is 4.64. The molecule has 1 amide bonds. The predicted octanol–water partition coefficient (Wildman–Crippen LogP) is 6.99. The molecule has 0 bridgehead atoms. The maximum atomic E-state index is 13.1. The summed E-state index contributed by atoms with van der Waals surface area (Å²) in [4.78, 5) is 43.9. The second kappa shape index (κ2) is 15.1. The highest BCUT2D eigenvalue weighted by molar-refractivity contribution is 7.22. The minimum Gasteiger partial charge on any atom is -0.461 e. The lowest BCUT2D eigenvalue weighted by atomic mass is 10.1. The number of amides is 1. The quantitative estimate of drug-likeness (QED) is 0.0786. The number of benzene rings is 2. The van der Waals surface area contributed by atoms with E-state index in [1.165, 1.54) is 36.8 Å². The molecule has 1 atom stereocenters. The molecule has 11 nitrogen and oxygen atoms in total. The van der Waals surface area contributed by atoms with Crippen LogP contribution in [0.15, 0.2) is 70.9 Å². The molecule has 1 aliphatic rings. The molecule has 228 valence electrons. The van der Waals surface area contributed by atoms with Crippen LogP contribution in [0.1, 0.15) is 69.2 Å². The number of anilines is 4. The second-order valence-corrected chi connectivity index (χ2v) is 11.5. The third-order valence-electron chi connectivity index (χ3n) is 6.92. The van der Waals surface area contributed by atoms with E-state index in [0.29, 0.717) is 35.1 Å². The zero-order valence-corrected chi connectivity index (χ0v) is 25.7. The van der Waals surface area contributed by atoms with Crippen molar-refractivity contribution in [2.24, 2.45) is 10.1 Å². The number of aliphatic imine (C=N–C) groups is 1. The molecule has 3 heterocycles. The van der Waals surface area contributed by atoms with Gasteiger partial charge in [-0.15, -0.1) is 0 Å². The van der Waals surface area contributed by atoms with Crippen molar-refractivity contribution < 1.29 is 14.3 Å². The lowest BCUT2D eigenvalue weighted by Crippen LogP contribution is -2.24. The van der Waals surface area contributed by atoms with Crippen molar-refractivity contribution >= 4 is 67.4 Å². The molecule has 2 aromatic heterocycles. The lowest BCUT2D eigenvalue weighted by molar-refractivity contribution is -0.135. The van der Waals surface area contributed by atoms with Crippen LogP contribution in [0.3, 0.4) is 0 Å². The summed E-state index contributed by atoms with van der Waals surface area (Å²) in [6.45, 7) is 4.46. The lowest BCUT2D eigenvalue weighted by Gasteiger charge is -2.12. The number of para-hydroxylation sites is 1. The minimum atomic E-state index is -0.479. The number of fused-ring (bicyclic) bond motifs is 1. The highest BCUT2D eigenvalue weighted by Gasteiger charge is 2.28. The summed E-state index contributed by atoms with van der Waals surface area (Å²) < 4.78 is 6.53. The van der Waals surface area contributed by atoms with Gasteiger partial charge in [-0.25, -0.2) is 14.8 Å². The molecule has 2 aromatic carbocycles. The Hall–Kier alpha value is -4.71. The SMILES string of the molecule is CCCCCCCCOC(=O)C1=NC(C)CC1=NNc1cnc(Nc2nc3ccccc3s2)nc1NC(=O)c1ccccc1. The zero-order valence-electron chi connectivity index (χ0n) is 24.9. The Morgan fingerprint density at radius 3 is 2.59 bits per heavy atom. The summed E-state index contributed by atoms with van der Waals surface area (Å²) in [7, 11) is 0. The van der Waals surface area contributed by atoms with Crippen LogP contribution >= 0.6 is 11.3 Å². The zero-order chi connectivity index (χ0) is 30.7. The fourth-order valence-corrected chi connectivity index (χ4v) is 5.50. The van der Waals surface area contributed by atoms with Crippen molar-refractivity contribution in [2.45, 2.75) is 64.8 Å². The number of carbonyl (C=O) groups excluding carboxylic acids is 2. The van der Waals surface area contributed by atoms with Crippen LogP contribution < -0.4 is 16.1 Å². The van der Waals surface area contributed by atoms with Crippen molar-refractivity contribution in [3.63, 3.8) is 0 Å². The molecule has 1 aliphatic heterocycles. The standard InChI is InChI=1S/C32H36N8O3S/c1-3-4-5-6-7-13-18-43-30(42)27-24(19-21(2)34-27)39-40-25-20-33-31(38-32-35-23-16-11-12-17-26(23)44-32)37-28(25)36-29(41)22-14-9-8-10-15-22/h8-12,14-17,20-21,40H,3-7,13,18-19H2,1-2H3,(H2,33,35,36,37,38,41). The number of hydrogen-bond acceptors (Lipinski definition) is 11. The number of ether oxygens (including phenoxy) is 1. The van der Waals surface area contributed by atoms with Crippen LogP contribution in [-0.4, -0.2) is 50.9 Å². The number of rotatable bonds is 14. The van der Waals surface area contributed by atoms with Gasteiger partial charge in [0.2, 0.25) is 5.95 Å². The maximum absolute atomic E-state index is 13.1. The van der Waals surface area contributed by atoms with E-state index in [9.17, 15) is 9.59 Å². The monoisotopic (exact) mass is 612 g/mol. The molecule has 0 spiro atoms. The third-order valence-corrected chi connectivity index (χ3v) is 7.87. The highest BCUT2D eigenvalue weighted by atomic mass is 32.1. The Morgan fingerprint density at radius 2 is 1.77 bits per heavy atom. The number of aromatic nitrogens is 3. The molecule has 12 heteroatoms. The Labute approximate surface area is 260 Å². The van der Waals surface area contributed by atoms with E-state index in [1.54, 1.807) is 24.3 Å². The predicted molar refractivity (Wildman–Crippen MR) is 176 cm³/mol. The summed E-state index contributed by atoms with van der Waals surface area (Å²) in [5.41, 5.74) is 5.30. The third kappa shape index (κ3) is 8.22. The van der Waals surface area contributed by atoms with Crippen molar-refractivity contribution in [3.05, 3.63) is 66.4 Å². The number of nitrogens with zero attached hydrogens (tertiary/aromatic N) is 5. The molecule has 0 radical (unpaired) electrons. The van der Waals surface area contributed by atoms with Crippen molar-refractivity contribution in [2.75, 3.05) is 22.7 Å². The van der Waals surface area contributed by atoms with Gasteiger partial charge in [0.15, 0.2) is 16.7 Å². The van der Waals surface area contributed by atoms with E-state index >= 15 is 0 Å². The van der Waals surface area contributed by atoms with Crippen LogP contribution in [0.2, 0.25) is 0 Å². The molecular formula is C32H36N8O3S. The average Bonchev–Trinajstić information content (AvgIpc) is 3.62.